The fraction of sp³-hybridized carbons (Fsp3) is 0.136. The first kappa shape index (κ1) is 20.6. The Morgan fingerprint density at radius 3 is 2.52 bits per heavy atom. The van der Waals surface area contributed by atoms with Crippen molar-refractivity contribution in [2.45, 2.75) is 19.9 Å². The van der Waals surface area contributed by atoms with Crippen molar-refractivity contribution in [3.8, 4) is 5.69 Å². The van der Waals surface area contributed by atoms with Crippen LogP contribution in [0.15, 0.2) is 59.0 Å². The van der Waals surface area contributed by atoms with Crippen molar-refractivity contribution in [1.29, 1.82) is 0 Å². The van der Waals surface area contributed by atoms with E-state index in [0.29, 0.717) is 28.4 Å². The quantitative estimate of drug-likeness (QED) is 0.469. The van der Waals surface area contributed by atoms with Gasteiger partial charge in [-0.05, 0) is 54.5 Å². The third-order valence-corrected chi connectivity index (χ3v) is 5.18. The van der Waals surface area contributed by atoms with Crippen LogP contribution in [0.1, 0.15) is 23.7 Å². The summed E-state index contributed by atoms with van der Waals surface area (Å²) < 4.78 is 14.8. The van der Waals surface area contributed by atoms with Gasteiger partial charge >= 0.3 is 6.03 Å². The van der Waals surface area contributed by atoms with E-state index in [1.54, 1.807) is 30.3 Å². The van der Waals surface area contributed by atoms with Gasteiger partial charge < -0.3 is 5.32 Å². The van der Waals surface area contributed by atoms with Crippen LogP contribution in [-0.4, -0.2) is 26.6 Å². The van der Waals surface area contributed by atoms with Gasteiger partial charge in [0.1, 0.15) is 11.5 Å². The van der Waals surface area contributed by atoms with Gasteiger partial charge in [-0.1, -0.05) is 30.7 Å². The first-order valence-electron chi connectivity index (χ1n) is 9.56. The number of amides is 3. The number of aryl methyl sites for hydroxylation is 1. The summed E-state index contributed by atoms with van der Waals surface area (Å²) >= 11 is 5.92. The van der Waals surface area contributed by atoms with Gasteiger partial charge in [-0.2, -0.15) is 0 Å². The molecule has 2 heterocycles. The number of nitrogens with zero attached hydrogens (tertiary/aromatic N) is 2. The topological polar surface area (TPSA) is 87.2 Å². The Labute approximate surface area is 181 Å². The molecule has 1 aliphatic heterocycles. The van der Waals surface area contributed by atoms with Gasteiger partial charge in [0, 0.05) is 10.7 Å². The lowest BCUT2D eigenvalue weighted by atomic mass is 10.1. The number of rotatable bonds is 5. The lowest BCUT2D eigenvalue weighted by Crippen LogP contribution is -2.30. The van der Waals surface area contributed by atoms with E-state index in [0.717, 1.165) is 4.90 Å². The predicted octanol–water partition coefficient (Wildman–Crippen LogP) is 3.61. The number of H-pyrrole nitrogens is 1. The molecule has 0 atom stereocenters. The van der Waals surface area contributed by atoms with Crippen LogP contribution in [0, 0.1) is 5.82 Å². The molecule has 7 nitrogen and oxygen atoms in total. The second kappa shape index (κ2) is 8.23. The van der Waals surface area contributed by atoms with Crippen molar-refractivity contribution in [2.24, 2.45) is 0 Å². The molecule has 2 aromatic carbocycles. The lowest BCUT2D eigenvalue weighted by Gasteiger charge is -2.11. The SMILES string of the molecule is CCc1[nH]n(-c2ccc(Cl)cc2)c(=O)c1/C=C1\NC(=O)N(Cc2cccc(F)c2)C1=O. The fourth-order valence-electron chi connectivity index (χ4n) is 3.36. The maximum Gasteiger partial charge on any atom is 0.329 e. The third-order valence-electron chi connectivity index (χ3n) is 4.92. The standard InChI is InChI=1S/C22H18ClFN4O3/c1-2-18-17(20(29)28(26-18)16-8-6-14(23)7-9-16)11-19-21(30)27(22(31)25-19)12-13-4-3-5-15(24)10-13/h3-11,26H,2,12H2,1H3,(H,25,31)/b19-11-. The first-order valence-corrected chi connectivity index (χ1v) is 9.94. The third kappa shape index (κ3) is 4.02. The summed E-state index contributed by atoms with van der Waals surface area (Å²) in [5.74, 6) is -1.04. The van der Waals surface area contributed by atoms with Crippen molar-refractivity contribution >= 4 is 29.6 Å². The Bertz CT molecular complexity index is 1260. The van der Waals surface area contributed by atoms with Gasteiger partial charge in [0.2, 0.25) is 0 Å². The summed E-state index contributed by atoms with van der Waals surface area (Å²) in [6.07, 6.45) is 1.87. The zero-order chi connectivity index (χ0) is 22.1. The molecule has 0 spiro atoms. The molecular formula is C22H18ClFN4O3. The highest BCUT2D eigenvalue weighted by Gasteiger charge is 2.34. The smallest absolute Gasteiger partial charge is 0.303 e. The van der Waals surface area contributed by atoms with E-state index in [9.17, 15) is 18.8 Å². The number of urea groups is 1. The summed E-state index contributed by atoms with van der Waals surface area (Å²) in [6, 6.07) is 11.8. The van der Waals surface area contributed by atoms with Crippen LogP contribution < -0.4 is 10.9 Å². The fourth-order valence-corrected chi connectivity index (χ4v) is 3.49. The molecule has 0 aliphatic carbocycles. The number of hydrogen-bond donors (Lipinski definition) is 2. The molecular weight excluding hydrogens is 423 g/mol. The molecule has 0 bridgehead atoms. The molecule has 31 heavy (non-hydrogen) atoms. The van der Waals surface area contributed by atoms with Gasteiger partial charge in [0.25, 0.3) is 11.5 Å². The van der Waals surface area contributed by atoms with Crippen LogP contribution in [-0.2, 0) is 17.8 Å². The zero-order valence-corrected chi connectivity index (χ0v) is 17.2. The monoisotopic (exact) mass is 440 g/mol. The molecule has 3 aromatic rings. The Kier molecular flexibility index (Phi) is 5.48. The number of aromatic nitrogens is 2. The molecule has 158 valence electrons. The van der Waals surface area contributed by atoms with Crippen LogP contribution >= 0.6 is 11.6 Å². The van der Waals surface area contributed by atoms with Crippen LogP contribution in [0.4, 0.5) is 9.18 Å². The van der Waals surface area contributed by atoms with E-state index in [1.165, 1.54) is 29.0 Å². The Morgan fingerprint density at radius 2 is 1.84 bits per heavy atom. The summed E-state index contributed by atoms with van der Waals surface area (Å²) in [5, 5.41) is 6.07. The van der Waals surface area contributed by atoms with Gasteiger partial charge in [-0.25, -0.2) is 13.9 Å². The lowest BCUT2D eigenvalue weighted by molar-refractivity contribution is -0.123. The minimum absolute atomic E-state index is 0.0181. The number of hydrogen-bond acceptors (Lipinski definition) is 3. The largest absolute Gasteiger partial charge is 0.329 e. The van der Waals surface area contributed by atoms with Crippen LogP contribution in [0.5, 0.6) is 0 Å². The predicted molar refractivity (Wildman–Crippen MR) is 114 cm³/mol. The number of halogens is 2. The van der Waals surface area contributed by atoms with Crippen molar-refractivity contribution in [3.63, 3.8) is 0 Å². The molecule has 1 aliphatic rings. The highest BCUT2D eigenvalue weighted by atomic mass is 35.5. The minimum Gasteiger partial charge on any atom is -0.303 e. The maximum atomic E-state index is 13.4. The molecule has 1 fully saturated rings. The highest BCUT2D eigenvalue weighted by Crippen LogP contribution is 2.19. The summed E-state index contributed by atoms with van der Waals surface area (Å²) in [6.45, 7) is 1.79. The zero-order valence-electron chi connectivity index (χ0n) is 16.5. The molecule has 1 saturated heterocycles. The molecule has 0 saturated carbocycles. The van der Waals surface area contributed by atoms with E-state index >= 15 is 0 Å². The number of carbonyl (C=O) groups excluding carboxylic acids is 2. The number of aromatic amines is 1. The summed E-state index contributed by atoms with van der Waals surface area (Å²) in [7, 11) is 0. The van der Waals surface area contributed by atoms with E-state index in [-0.39, 0.29) is 23.4 Å². The van der Waals surface area contributed by atoms with Crippen LogP contribution in [0.2, 0.25) is 5.02 Å². The number of nitrogens with one attached hydrogen (secondary N) is 2. The van der Waals surface area contributed by atoms with Crippen molar-refractivity contribution in [3.05, 3.63) is 92.2 Å². The highest BCUT2D eigenvalue weighted by molar-refractivity contribution is 6.30. The first-order chi connectivity index (χ1) is 14.9. The van der Waals surface area contributed by atoms with Crippen LogP contribution in [0.3, 0.4) is 0 Å². The second-order valence-electron chi connectivity index (χ2n) is 6.98. The van der Waals surface area contributed by atoms with E-state index in [4.69, 9.17) is 11.6 Å². The van der Waals surface area contributed by atoms with Crippen molar-refractivity contribution in [1.82, 2.24) is 20.0 Å². The van der Waals surface area contributed by atoms with E-state index in [1.807, 2.05) is 6.92 Å². The van der Waals surface area contributed by atoms with Crippen LogP contribution in [0.25, 0.3) is 11.8 Å². The molecule has 2 N–H and O–H groups in total. The summed E-state index contributed by atoms with van der Waals surface area (Å²) in [4.78, 5) is 39.1. The van der Waals surface area contributed by atoms with Crippen molar-refractivity contribution < 1.29 is 14.0 Å². The normalized spacial score (nSPS) is 15.1. The number of imide groups is 1. The summed E-state index contributed by atoms with van der Waals surface area (Å²) in [5.41, 5.74) is 1.56. The molecule has 9 heteroatoms. The molecule has 3 amide bonds. The molecule has 0 unspecified atom stereocenters. The second-order valence-corrected chi connectivity index (χ2v) is 7.42. The molecule has 4 rings (SSSR count). The Hall–Kier alpha value is -3.65. The molecule has 0 radical (unpaired) electrons. The average Bonchev–Trinajstić information content (AvgIpc) is 3.20. The van der Waals surface area contributed by atoms with Gasteiger partial charge in [-0.15, -0.1) is 0 Å². The number of carbonyl (C=O) groups is 2. The van der Waals surface area contributed by atoms with Gasteiger partial charge in [-0.3, -0.25) is 19.6 Å². The number of benzene rings is 2. The minimum atomic E-state index is -0.632. The average molecular weight is 441 g/mol. The van der Waals surface area contributed by atoms with Gasteiger partial charge in [0.05, 0.1) is 17.8 Å². The van der Waals surface area contributed by atoms with Crippen molar-refractivity contribution in [2.75, 3.05) is 0 Å². The van der Waals surface area contributed by atoms with E-state index in [2.05, 4.69) is 10.4 Å². The maximum absolute atomic E-state index is 13.4. The molecule has 1 aromatic heterocycles. The Balaban J connectivity index is 1.67. The van der Waals surface area contributed by atoms with Gasteiger partial charge in [0.15, 0.2) is 0 Å². The van der Waals surface area contributed by atoms with E-state index < -0.39 is 17.8 Å². The Morgan fingerprint density at radius 1 is 1.10 bits per heavy atom.